The van der Waals surface area contributed by atoms with Crippen molar-refractivity contribution in [2.24, 2.45) is 5.92 Å². The van der Waals surface area contributed by atoms with E-state index in [2.05, 4.69) is 15.9 Å². The van der Waals surface area contributed by atoms with Gasteiger partial charge in [0, 0.05) is 23.5 Å². The molecule has 0 spiro atoms. The van der Waals surface area contributed by atoms with Gasteiger partial charge in [0.15, 0.2) is 9.84 Å². The summed E-state index contributed by atoms with van der Waals surface area (Å²) in [6.45, 7) is 6.25. The second-order valence-electron chi connectivity index (χ2n) is 6.49. The Morgan fingerprint density at radius 3 is 2.55 bits per heavy atom. The summed E-state index contributed by atoms with van der Waals surface area (Å²) in [5.74, 6) is -0.000511. The maximum absolute atomic E-state index is 12.3. The smallest absolute Gasteiger partial charge is 0.410 e. The lowest BCUT2D eigenvalue weighted by Gasteiger charge is -2.39. The van der Waals surface area contributed by atoms with Crippen molar-refractivity contribution in [3.63, 3.8) is 0 Å². The van der Waals surface area contributed by atoms with Gasteiger partial charge < -0.3 is 9.64 Å². The molecule has 1 amide bonds. The topological polar surface area (TPSA) is 63.7 Å². The molecule has 7 heteroatoms. The third-order valence-electron chi connectivity index (χ3n) is 3.22. The Hall–Kier alpha value is -1.08. The van der Waals surface area contributed by atoms with Crippen molar-refractivity contribution < 1.29 is 17.9 Å². The minimum atomic E-state index is -3.34. The first-order valence-corrected chi connectivity index (χ1v) is 9.47. The molecule has 1 aliphatic heterocycles. The summed E-state index contributed by atoms with van der Waals surface area (Å²) < 4.78 is 30.7. The highest BCUT2D eigenvalue weighted by Gasteiger charge is 2.36. The molecule has 0 unspecified atom stereocenters. The van der Waals surface area contributed by atoms with Gasteiger partial charge in [-0.3, -0.25) is 0 Å². The molecule has 0 N–H and O–H groups in total. The summed E-state index contributed by atoms with van der Waals surface area (Å²) in [7, 11) is -3.34. The minimum Gasteiger partial charge on any atom is -0.444 e. The van der Waals surface area contributed by atoms with Crippen molar-refractivity contribution in [1.29, 1.82) is 0 Å². The number of carbonyl (C=O) groups is 1. The van der Waals surface area contributed by atoms with E-state index in [1.54, 1.807) is 45.0 Å². The fourth-order valence-electron chi connectivity index (χ4n) is 2.22. The molecule has 0 atom stereocenters. The molecule has 1 aromatic rings. The highest BCUT2D eigenvalue weighted by atomic mass is 79.9. The number of rotatable bonds is 3. The monoisotopic (exact) mass is 389 g/mol. The van der Waals surface area contributed by atoms with Crippen molar-refractivity contribution in [2.75, 3.05) is 18.8 Å². The number of hydrogen-bond acceptors (Lipinski definition) is 4. The SMILES string of the molecule is CC(C)(C)OC(=O)N1CC(CS(=O)(=O)c2cccc(Br)c2)C1. The van der Waals surface area contributed by atoms with E-state index in [1.807, 2.05) is 0 Å². The van der Waals surface area contributed by atoms with Crippen LogP contribution in [0.5, 0.6) is 0 Å². The van der Waals surface area contributed by atoms with E-state index < -0.39 is 15.4 Å². The molecule has 0 aliphatic carbocycles. The van der Waals surface area contributed by atoms with Gasteiger partial charge in [-0.2, -0.15) is 0 Å². The number of ether oxygens (including phenoxy) is 1. The van der Waals surface area contributed by atoms with Crippen LogP contribution in [0, 0.1) is 5.92 Å². The van der Waals surface area contributed by atoms with Crippen molar-refractivity contribution in [3.8, 4) is 0 Å². The van der Waals surface area contributed by atoms with Gasteiger partial charge in [-0.1, -0.05) is 22.0 Å². The zero-order valence-electron chi connectivity index (χ0n) is 12.9. The molecule has 22 heavy (non-hydrogen) atoms. The van der Waals surface area contributed by atoms with Crippen LogP contribution in [0.25, 0.3) is 0 Å². The molecular formula is C15H20BrNO4S. The molecule has 0 radical (unpaired) electrons. The van der Waals surface area contributed by atoms with Crippen LogP contribution in [0.4, 0.5) is 4.79 Å². The molecule has 1 fully saturated rings. The molecule has 0 saturated carbocycles. The number of amides is 1. The quantitative estimate of drug-likeness (QED) is 0.796. The Balaban J connectivity index is 1.91. The van der Waals surface area contributed by atoms with Crippen molar-refractivity contribution >= 4 is 31.9 Å². The van der Waals surface area contributed by atoms with E-state index >= 15 is 0 Å². The van der Waals surface area contributed by atoms with Gasteiger partial charge >= 0.3 is 6.09 Å². The van der Waals surface area contributed by atoms with E-state index in [0.717, 1.165) is 4.47 Å². The third kappa shape index (κ3) is 4.46. The lowest BCUT2D eigenvalue weighted by Crippen LogP contribution is -2.53. The average molecular weight is 390 g/mol. The van der Waals surface area contributed by atoms with Crippen molar-refractivity contribution in [3.05, 3.63) is 28.7 Å². The first-order valence-electron chi connectivity index (χ1n) is 7.03. The van der Waals surface area contributed by atoms with Crippen LogP contribution in [0.1, 0.15) is 20.8 Å². The summed E-state index contributed by atoms with van der Waals surface area (Å²) in [6.07, 6.45) is -0.386. The number of nitrogens with zero attached hydrogens (tertiary/aromatic N) is 1. The van der Waals surface area contributed by atoms with Gasteiger partial charge in [0.05, 0.1) is 10.6 Å². The summed E-state index contributed by atoms with van der Waals surface area (Å²) in [5.41, 5.74) is -0.537. The molecule has 1 saturated heterocycles. The molecule has 0 aromatic heterocycles. The van der Waals surface area contributed by atoms with E-state index in [-0.39, 0.29) is 17.8 Å². The standard InChI is InChI=1S/C15H20BrNO4S/c1-15(2,3)21-14(18)17-8-11(9-17)10-22(19,20)13-6-4-5-12(16)7-13/h4-7,11H,8-10H2,1-3H3. The average Bonchev–Trinajstić information content (AvgIpc) is 2.31. The number of benzene rings is 1. The third-order valence-corrected chi connectivity index (χ3v) is 5.59. The molecule has 0 bridgehead atoms. The highest BCUT2D eigenvalue weighted by Crippen LogP contribution is 2.24. The Morgan fingerprint density at radius 1 is 1.36 bits per heavy atom. The van der Waals surface area contributed by atoms with E-state index in [4.69, 9.17) is 4.74 Å². The lowest BCUT2D eigenvalue weighted by atomic mass is 10.0. The Kier molecular flexibility index (Phi) is 4.87. The maximum Gasteiger partial charge on any atom is 0.410 e. The zero-order valence-corrected chi connectivity index (χ0v) is 15.3. The zero-order chi connectivity index (χ0) is 16.5. The maximum atomic E-state index is 12.3. The van der Waals surface area contributed by atoms with Gasteiger partial charge in [0.25, 0.3) is 0 Å². The first kappa shape index (κ1) is 17.3. The van der Waals surface area contributed by atoms with Crippen molar-refractivity contribution in [1.82, 2.24) is 4.90 Å². The Morgan fingerprint density at radius 2 is 2.00 bits per heavy atom. The Bertz CT molecular complexity index is 660. The number of sulfone groups is 1. The molecule has 2 rings (SSSR count). The van der Waals surface area contributed by atoms with E-state index in [0.29, 0.717) is 18.0 Å². The van der Waals surface area contributed by atoms with Crippen molar-refractivity contribution in [2.45, 2.75) is 31.3 Å². The molecule has 122 valence electrons. The summed E-state index contributed by atoms with van der Waals surface area (Å²) in [5, 5.41) is 0. The highest BCUT2D eigenvalue weighted by molar-refractivity contribution is 9.10. The number of hydrogen-bond donors (Lipinski definition) is 0. The number of halogens is 1. The summed E-state index contributed by atoms with van der Waals surface area (Å²) in [4.78, 5) is 13.7. The van der Waals surface area contributed by atoms with Gasteiger partial charge in [-0.15, -0.1) is 0 Å². The van der Waals surface area contributed by atoms with Crippen LogP contribution in [0.15, 0.2) is 33.6 Å². The van der Waals surface area contributed by atoms with Crippen LogP contribution >= 0.6 is 15.9 Å². The first-order chi connectivity index (χ1) is 10.1. The van der Waals surface area contributed by atoms with Crippen LogP contribution in [-0.4, -0.2) is 43.9 Å². The van der Waals surface area contributed by atoms with E-state index in [1.165, 1.54) is 4.90 Å². The van der Waals surface area contributed by atoms with Gasteiger partial charge in [0.2, 0.25) is 0 Å². The predicted octanol–water partition coefficient (Wildman–Crippen LogP) is 3.09. The van der Waals surface area contributed by atoms with Gasteiger partial charge in [-0.05, 0) is 39.0 Å². The van der Waals surface area contributed by atoms with Crippen LogP contribution < -0.4 is 0 Å². The minimum absolute atomic E-state index is 0.0444. The summed E-state index contributed by atoms with van der Waals surface area (Å²) in [6, 6.07) is 6.67. The Labute approximate surface area is 139 Å². The van der Waals surface area contributed by atoms with Crippen LogP contribution in [0.2, 0.25) is 0 Å². The predicted molar refractivity (Wildman–Crippen MR) is 87.5 cm³/mol. The summed E-state index contributed by atoms with van der Waals surface area (Å²) >= 11 is 3.27. The normalized spacial score (nSPS) is 16.3. The van der Waals surface area contributed by atoms with Crippen LogP contribution in [-0.2, 0) is 14.6 Å². The second kappa shape index (κ2) is 6.20. The largest absolute Gasteiger partial charge is 0.444 e. The molecule has 1 aliphatic rings. The number of carbonyl (C=O) groups excluding carboxylic acids is 1. The fraction of sp³-hybridized carbons (Fsp3) is 0.533. The lowest BCUT2D eigenvalue weighted by molar-refractivity contribution is 0.00191. The van der Waals surface area contributed by atoms with E-state index in [9.17, 15) is 13.2 Å². The fourth-order valence-corrected chi connectivity index (χ4v) is 4.38. The van der Waals surface area contributed by atoms with Gasteiger partial charge in [-0.25, -0.2) is 13.2 Å². The van der Waals surface area contributed by atoms with Crippen LogP contribution in [0.3, 0.4) is 0 Å². The molecule has 1 heterocycles. The molecule has 1 aromatic carbocycles. The molecular weight excluding hydrogens is 370 g/mol. The molecule has 5 nitrogen and oxygen atoms in total. The van der Waals surface area contributed by atoms with Gasteiger partial charge in [0.1, 0.15) is 5.60 Å². The number of likely N-dealkylation sites (tertiary alicyclic amines) is 1. The second-order valence-corrected chi connectivity index (χ2v) is 9.44.